The summed E-state index contributed by atoms with van der Waals surface area (Å²) in [6.45, 7) is 4.28. The third kappa shape index (κ3) is 30.3. The number of aliphatic hydroxyl groups is 2. The molecule has 4 nitrogen and oxygen atoms in total. The number of allylic oxidation sites excluding steroid dienone is 3. The summed E-state index contributed by atoms with van der Waals surface area (Å²) < 4.78 is 0. The molecule has 248 valence electrons. The van der Waals surface area contributed by atoms with Crippen LogP contribution in [0.25, 0.3) is 0 Å². The van der Waals surface area contributed by atoms with Gasteiger partial charge in [0, 0.05) is 6.42 Å². The molecule has 3 N–H and O–H groups in total. The van der Waals surface area contributed by atoms with Crippen LogP contribution in [0.4, 0.5) is 0 Å². The van der Waals surface area contributed by atoms with E-state index in [-0.39, 0.29) is 12.5 Å². The van der Waals surface area contributed by atoms with Crippen LogP contribution in [-0.4, -0.2) is 34.9 Å². The minimum atomic E-state index is -0.835. The topological polar surface area (TPSA) is 69.6 Å². The van der Waals surface area contributed by atoms with Crippen molar-refractivity contribution in [3.8, 4) is 0 Å². The van der Waals surface area contributed by atoms with Gasteiger partial charge in [-0.15, -0.1) is 0 Å². The van der Waals surface area contributed by atoms with Gasteiger partial charge in [0.2, 0.25) is 5.91 Å². The quantitative estimate of drug-likeness (QED) is 0.0525. The fourth-order valence-corrected chi connectivity index (χ4v) is 5.52. The standard InChI is InChI=1S/C38H73NO3/c1-3-5-7-9-11-13-15-16-17-18-19-20-21-22-24-26-28-30-32-34-38(42)39-36(35-40)37(41)33-31-29-27-25-23-14-12-10-8-6-4-2/h16-17,31,33,36-37,40-41H,3-15,18-30,32,34-35H2,1-2H3,(H,39,42)/b17-16-,33-31+/t36-,37+/m0/s1. The SMILES string of the molecule is CCCCCCCC/C=C\CCCCCCCCCCCC(=O)N[C@@H](CO)[C@H](O)/C=C/CCCCCCCCCCC. The van der Waals surface area contributed by atoms with Gasteiger partial charge in [0.25, 0.3) is 0 Å². The Morgan fingerprint density at radius 1 is 0.548 bits per heavy atom. The van der Waals surface area contributed by atoms with Crippen molar-refractivity contribution < 1.29 is 15.0 Å². The van der Waals surface area contributed by atoms with E-state index in [9.17, 15) is 15.0 Å². The lowest BCUT2D eigenvalue weighted by Gasteiger charge is -2.20. The van der Waals surface area contributed by atoms with E-state index < -0.39 is 12.1 Å². The highest BCUT2D eigenvalue weighted by atomic mass is 16.3. The molecule has 0 aromatic rings. The van der Waals surface area contributed by atoms with Crippen LogP contribution in [-0.2, 0) is 4.79 Å². The number of unbranched alkanes of at least 4 members (excludes halogenated alkanes) is 24. The van der Waals surface area contributed by atoms with Crippen molar-refractivity contribution in [2.24, 2.45) is 0 Å². The summed E-state index contributed by atoms with van der Waals surface area (Å²) in [7, 11) is 0. The van der Waals surface area contributed by atoms with Crippen molar-refractivity contribution in [3.63, 3.8) is 0 Å². The van der Waals surface area contributed by atoms with Gasteiger partial charge in [-0.3, -0.25) is 4.79 Å². The van der Waals surface area contributed by atoms with Crippen LogP contribution in [0.3, 0.4) is 0 Å². The molecule has 0 rings (SSSR count). The third-order valence-corrected chi connectivity index (χ3v) is 8.43. The number of hydrogen-bond donors (Lipinski definition) is 3. The lowest BCUT2D eigenvalue weighted by molar-refractivity contribution is -0.123. The van der Waals surface area contributed by atoms with Crippen molar-refractivity contribution in [2.45, 2.75) is 206 Å². The molecular formula is C38H73NO3. The first-order chi connectivity index (χ1) is 20.7. The van der Waals surface area contributed by atoms with Gasteiger partial charge in [-0.25, -0.2) is 0 Å². The predicted molar refractivity (Wildman–Crippen MR) is 184 cm³/mol. The Morgan fingerprint density at radius 3 is 1.31 bits per heavy atom. The Balaban J connectivity index is 3.58. The van der Waals surface area contributed by atoms with E-state index in [1.54, 1.807) is 6.08 Å². The Labute approximate surface area is 262 Å². The summed E-state index contributed by atoms with van der Waals surface area (Å²) in [6.07, 6.45) is 42.6. The fourth-order valence-electron chi connectivity index (χ4n) is 5.52. The average molecular weight is 592 g/mol. The molecule has 0 radical (unpaired) electrons. The molecular weight excluding hydrogens is 518 g/mol. The first-order valence-electron chi connectivity index (χ1n) is 18.6. The summed E-state index contributed by atoms with van der Waals surface area (Å²) in [5, 5.41) is 22.8. The Bertz CT molecular complexity index is 603. The first kappa shape index (κ1) is 40.9. The normalized spacial score (nSPS) is 13.3. The van der Waals surface area contributed by atoms with Crippen LogP contribution in [0.2, 0.25) is 0 Å². The molecule has 42 heavy (non-hydrogen) atoms. The second-order valence-electron chi connectivity index (χ2n) is 12.6. The van der Waals surface area contributed by atoms with Crippen LogP contribution in [0, 0.1) is 0 Å². The number of carbonyl (C=O) groups is 1. The van der Waals surface area contributed by atoms with Gasteiger partial charge in [-0.2, -0.15) is 0 Å². The molecule has 0 fully saturated rings. The van der Waals surface area contributed by atoms with Crippen LogP contribution in [0.5, 0.6) is 0 Å². The molecule has 0 spiro atoms. The number of hydrogen-bond acceptors (Lipinski definition) is 3. The van der Waals surface area contributed by atoms with E-state index in [4.69, 9.17) is 0 Å². The first-order valence-corrected chi connectivity index (χ1v) is 18.6. The number of aliphatic hydroxyl groups excluding tert-OH is 2. The van der Waals surface area contributed by atoms with Crippen LogP contribution in [0.1, 0.15) is 194 Å². The van der Waals surface area contributed by atoms with Gasteiger partial charge in [0.1, 0.15) is 0 Å². The van der Waals surface area contributed by atoms with Crippen molar-refractivity contribution in [1.29, 1.82) is 0 Å². The van der Waals surface area contributed by atoms with E-state index in [0.29, 0.717) is 6.42 Å². The number of nitrogens with one attached hydrogen (secondary N) is 1. The molecule has 0 bridgehead atoms. The maximum atomic E-state index is 12.3. The molecule has 0 aromatic heterocycles. The van der Waals surface area contributed by atoms with Crippen molar-refractivity contribution >= 4 is 5.91 Å². The molecule has 0 aliphatic carbocycles. The molecule has 1 amide bonds. The molecule has 0 unspecified atom stereocenters. The lowest BCUT2D eigenvalue weighted by Crippen LogP contribution is -2.45. The zero-order chi connectivity index (χ0) is 30.8. The zero-order valence-electron chi connectivity index (χ0n) is 28.3. The van der Waals surface area contributed by atoms with Gasteiger partial charge in [0.05, 0.1) is 18.8 Å². The maximum Gasteiger partial charge on any atom is 0.220 e. The summed E-state index contributed by atoms with van der Waals surface area (Å²) in [6, 6.07) is -0.618. The molecule has 2 atom stereocenters. The lowest BCUT2D eigenvalue weighted by atomic mass is 10.0. The summed E-state index contributed by atoms with van der Waals surface area (Å²) in [5.41, 5.74) is 0. The third-order valence-electron chi connectivity index (χ3n) is 8.43. The van der Waals surface area contributed by atoms with E-state index in [1.807, 2.05) is 6.08 Å². The molecule has 4 heteroatoms. The predicted octanol–water partition coefficient (Wildman–Crippen LogP) is 10.9. The Kier molecular flexibility index (Phi) is 33.4. The van der Waals surface area contributed by atoms with E-state index >= 15 is 0 Å². The number of rotatable bonds is 33. The van der Waals surface area contributed by atoms with E-state index in [1.165, 1.54) is 148 Å². The van der Waals surface area contributed by atoms with Gasteiger partial charge >= 0.3 is 0 Å². The van der Waals surface area contributed by atoms with E-state index in [2.05, 4.69) is 31.3 Å². The van der Waals surface area contributed by atoms with Crippen molar-refractivity contribution in [3.05, 3.63) is 24.3 Å². The summed E-state index contributed by atoms with van der Waals surface area (Å²) in [4.78, 5) is 12.3. The highest BCUT2D eigenvalue weighted by molar-refractivity contribution is 5.76. The number of carbonyl (C=O) groups excluding carboxylic acids is 1. The van der Waals surface area contributed by atoms with Crippen molar-refractivity contribution in [2.75, 3.05) is 6.61 Å². The Hall–Kier alpha value is -1.13. The monoisotopic (exact) mass is 592 g/mol. The number of amides is 1. The van der Waals surface area contributed by atoms with Gasteiger partial charge < -0.3 is 15.5 Å². The molecule has 0 aromatic carbocycles. The van der Waals surface area contributed by atoms with Crippen LogP contribution in [0.15, 0.2) is 24.3 Å². The smallest absolute Gasteiger partial charge is 0.220 e. The molecule has 0 aliphatic heterocycles. The van der Waals surface area contributed by atoms with Crippen LogP contribution < -0.4 is 5.32 Å². The molecule has 0 heterocycles. The fraction of sp³-hybridized carbons (Fsp3) is 0.868. The highest BCUT2D eigenvalue weighted by Gasteiger charge is 2.17. The highest BCUT2D eigenvalue weighted by Crippen LogP contribution is 2.13. The van der Waals surface area contributed by atoms with Gasteiger partial charge in [-0.1, -0.05) is 167 Å². The zero-order valence-corrected chi connectivity index (χ0v) is 28.3. The molecule has 0 aliphatic rings. The average Bonchev–Trinajstić information content (AvgIpc) is 2.99. The minimum absolute atomic E-state index is 0.0681. The summed E-state index contributed by atoms with van der Waals surface area (Å²) in [5.74, 6) is -0.0681. The van der Waals surface area contributed by atoms with Crippen molar-refractivity contribution in [1.82, 2.24) is 5.32 Å². The maximum absolute atomic E-state index is 12.3. The van der Waals surface area contributed by atoms with E-state index in [0.717, 1.165) is 25.7 Å². The largest absolute Gasteiger partial charge is 0.394 e. The second-order valence-corrected chi connectivity index (χ2v) is 12.6. The minimum Gasteiger partial charge on any atom is -0.394 e. The summed E-state index contributed by atoms with van der Waals surface area (Å²) >= 11 is 0. The molecule has 0 saturated heterocycles. The van der Waals surface area contributed by atoms with Gasteiger partial charge in [-0.05, 0) is 44.9 Å². The van der Waals surface area contributed by atoms with Crippen LogP contribution >= 0.6 is 0 Å². The Morgan fingerprint density at radius 2 is 0.905 bits per heavy atom. The molecule has 0 saturated carbocycles. The van der Waals surface area contributed by atoms with Gasteiger partial charge in [0.15, 0.2) is 0 Å². The second kappa shape index (κ2) is 34.4.